The van der Waals surface area contributed by atoms with Crippen LogP contribution in [0.1, 0.15) is 49.4 Å². The molecule has 1 amide bonds. The van der Waals surface area contributed by atoms with E-state index in [-0.39, 0.29) is 23.6 Å². The Bertz CT molecular complexity index is 1480. The van der Waals surface area contributed by atoms with Crippen molar-refractivity contribution in [1.29, 1.82) is 0 Å². The number of fused-ring (bicyclic) bond motifs is 1. The maximum absolute atomic E-state index is 13.6. The fraction of sp³-hybridized carbons (Fsp3) is 0.321. The van der Waals surface area contributed by atoms with Gasteiger partial charge in [-0.15, -0.1) is 0 Å². The van der Waals surface area contributed by atoms with Crippen LogP contribution in [0.3, 0.4) is 0 Å². The number of carboxylic acid groups (broad SMARTS) is 1. The number of amides is 1. The molecule has 1 aromatic carbocycles. The van der Waals surface area contributed by atoms with Gasteiger partial charge in [-0.05, 0) is 50.0 Å². The summed E-state index contributed by atoms with van der Waals surface area (Å²) in [5.74, 6) is -0.601. The van der Waals surface area contributed by atoms with E-state index in [0.29, 0.717) is 39.4 Å². The van der Waals surface area contributed by atoms with E-state index in [1.807, 2.05) is 56.3 Å². The lowest BCUT2D eigenvalue weighted by Crippen LogP contribution is -2.35. The van der Waals surface area contributed by atoms with Gasteiger partial charge in [0.2, 0.25) is 0 Å². The Morgan fingerprint density at radius 3 is 2.67 bits per heavy atom. The van der Waals surface area contributed by atoms with E-state index < -0.39 is 5.97 Å². The van der Waals surface area contributed by atoms with Crippen molar-refractivity contribution in [1.82, 2.24) is 14.3 Å². The van der Waals surface area contributed by atoms with Crippen molar-refractivity contribution in [3.05, 3.63) is 80.6 Å². The molecule has 0 bridgehead atoms. The molecular formula is C28H30N4O5S2. The van der Waals surface area contributed by atoms with Gasteiger partial charge in [0.25, 0.3) is 17.4 Å². The first-order valence-electron chi connectivity index (χ1n) is 12.6. The standard InChI is InChI=1S/C26H26N4O3S2.C2H4O2/c1-16-8-6-12-29-23(16)28-22(27-17(2)18-9-4-3-5-10-18)20(24(29)31)14-21-25(32)30(26(34)35-21)15-19-11-7-13-33-19;1-2(3)4/h3-6,8-10,12,14,17,19,27H,7,11,13,15H2,1-2H3;1H3,(H,3,4)/b21-14+;. The van der Waals surface area contributed by atoms with Crippen molar-refractivity contribution >= 4 is 57.7 Å². The van der Waals surface area contributed by atoms with Crippen LogP contribution in [-0.2, 0) is 14.3 Å². The van der Waals surface area contributed by atoms with Crippen molar-refractivity contribution in [3.63, 3.8) is 0 Å². The molecule has 204 valence electrons. The Kier molecular flexibility index (Phi) is 9.16. The quantitative estimate of drug-likeness (QED) is 0.325. The van der Waals surface area contributed by atoms with E-state index in [9.17, 15) is 9.59 Å². The highest BCUT2D eigenvalue weighted by Crippen LogP contribution is 2.34. The first kappa shape index (κ1) is 28.5. The van der Waals surface area contributed by atoms with Crippen LogP contribution in [-0.4, -0.2) is 54.8 Å². The van der Waals surface area contributed by atoms with Crippen molar-refractivity contribution < 1.29 is 19.4 Å². The number of nitrogens with zero attached hydrogens (tertiary/aromatic N) is 3. The zero-order valence-corrected chi connectivity index (χ0v) is 23.6. The predicted molar refractivity (Wildman–Crippen MR) is 157 cm³/mol. The molecule has 2 N–H and O–H groups in total. The number of hydrogen-bond donors (Lipinski definition) is 2. The smallest absolute Gasteiger partial charge is 0.300 e. The topological polar surface area (TPSA) is 113 Å². The molecule has 11 heteroatoms. The number of aromatic nitrogens is 2. The summed E-state index contributed by atoms with van der Waals surface area (Å²) < 4.78 is 7.69. The summed E-state index contributed by atoms with van der Waals surface area (Å²) in [6, 6.07) is 13.6. The van der Waals surface area contributed by atoms with Gasteiger partial charge in [0.05, 0.1) is 23.1 Å². The highest BCUT2D eigenvalue weighted by atomic mass is 32.2. The fourth-order valence-corrected chi connectivity index (χ4v) is 5.62. The minimum Gasteiger partial charge on any atom is -0.481 e. The van der Waals surface area contributed by atoms with Crippen molar-refractivity contribution in [2.45, 2.75) is 45.8 Å². The van der Waals surface area contributed by atoms with E-state index in [0.717, 1.165) is 30.9 Å². The van der Waals surface area contributed by atoms with Crippen molar-refractivity contribution in [2.75, 3.05) is 18.5 Å². The molecule has 2 aromatic heterocycles. The van der Waals surface area contributed by atoms with E-state index in [2.05, 4.69) is 5.32 Å². The number of thioether (sulfide) groups is 1. The maximum atomic E-state index is 13.6. The Hall–Kier alpha value is -3.54. The SMILES string of the molecule is CC(=O)O.Cc1cccn2c(=O)c(/C=C3/SC(=S)N(CC4CCCO4)C3=O)c(NC(C)c3ccccc3)nc12. The molecule has 4 heterocycles. The Morgan fingerprint density at radius 2 is 2.00 bits per heavy atom. The number of pyridine rings is 1. The summed E-state index contributed by atoms with van der Waals surface area (Å²) in [6.45, 7) is 6.17. The normalized spacial score (nSPS) is 18.8. The molecule has 2 aliphatic rings. The summed E-state index contributed by atoms with van der Waals surface area (Å²) in [5.41, 5.74) is 2.60. The molecular weight excluding hydrogens is 536 g/mol. The van der Waals surface area contributed by atoms with E-state index in [4.69, 9.17) is 31.8 Å². The predicted octanol–water partition coefficient (Wildman–Crippen LogP) is 4.65. The zero-order valence-electron chi connectivity index (χ0n) is 21.9. The molecule has 2 fully saturated rings. The number of thiocarbonyl (C=S) groups is 1. The molecule has 2 unspecified atom stereocenters. The van der Waals surface area contributed by atoms with Crippen LogP contribution in [0.25, 0.3) is 11.7 Å². The molecule has 39 heavy (non-hydrogen) atoms. The third-order valence-electron chi connectivity index (χ3n) is 6.30. The minimum atomic E-state index is -0.833. The third-order valence-corrected chi connectivity index (χ3v) is 7.67. The van der Waals surface area contributed by atoms with Gasteiger partial charge in [-0.2, -0.15) is 0 Å². The average Bonchev–Trinajstić information content (AvgIpc) is 3.51. The number of aliphatic carboxylic acids is 1. The number of carbonyl (C=O) groups is 2. The summed E-state index contributed by atoms with van der Waals surface area (Å²) in [4.78, 5) is 42.6. The highest BCUT2D eigenvalue weighted by molar-refractivity contribution is 8.26. The van der Waals surface area contributed by atoms with Crippen LogP contribution in [0.2, 0.25) is 0 Å². The first-order valence-corrected chi connectivity index (χ1v) is 13.8. The molecule has 0 aliphatic carbocycles. The van der Waals surface area contributed by atoms with Crippen molar-refractivity contribution in [3.8, 4) is 0 Å². The Morgan fingerprint density at radius 1 is 1.28 bits per heavy atom. The minimum absolute atomic E-state index is 0.00302. The van der Waals surface area contributed by atoms with Crippen LogP contribution < -0.4 is 10.9 Å². The van der Waals surface area contributed by atoms with Gasteiger partial charge in [-0.1, -0.05) is 60.4 Å². The fourth-order valence-electron chi connectivity index (χ4n) is 4.36. The number of rotatable bonds is 6. The lowest BCUT2D eigenvalue weighted by Gasteiger charge is -2.19. The average molecular weight is 567 g/mol. The van der Waals surface area contributed by atoms with Crippen LogP contribution in [0.5, 0.6) is 0 Å². The van der Waals surface area contributed by atoms with E-state index >= 15 is 0 Å². The maximum Gasteiger partial charge on any atom is 0.300 e. The zero-order chi connectivity index (χ0) is 28.1. The molecule has 0 spiro atoms. The molecule has 2 atom stereocenters. The highest BCUT2D eigenvalue weighted by Gasteiger charge is 2.35. The van der Waals surface area contributed by atoms with Crippen LogP contribution >= 0.6 is 24.0 Å². The number of ether oxygens (including phenoxy) is 1. The van der Waals surface area contributed by atoms with Crippen molar-refractivity contribution in [2.24, 2.45) is 0 Å². The van der Waals surface area contributed by atoms with Gasteiger partial charge in [0.15, 0.2) is 0 Å². The summed E-state index contributed by atoms with van der Waals surface area (Å²) in [7, 11) is 0. The second-order valence-corrected chi connectivity index (χ2v) is 11.0. The summed E-state index contributed by atoms with van der Waals surface area (Å²) >= 11 is 6.71. The third kappa shape index (κ3) is 6.73. The Balaban J connectivity index is 0.000000826. The monoisotopic (exact) mass is 566 g/mol. The van der Waals surface area contributed by atoms with Crippen LogP contribution in [0.15, 0.2) is 58.4 Å². The Labute approximate surface area is 235 Å². The lowest BCUT2D eigenvalue weighted by atomic mass is 10.1. The number of hydrogen-bond acceptors (Lipinski definition) is 8. The molecule has 3 aromatic rings. The molecule has 2 aliphatic heterocycles. The van der Waals surface area contributed by atoms with Crippen LogP contribution in [0.4, 0.5) is 5.82 Å². The second kappa shape index (κ2) is 12.5. The van der Waals surface area contributed by atoms with Gasteiger partial charge in [0, 0.05) is 25.8 Å². The molecule has 0 saturated carbocycles. The van der Waals surface area contributed by atoms with E-state index in [1.165, 1.54) is 16.2 Å². The van der Waals surface area contributed by atoms with E-state index in [1.54, 1.807) is 17.2 Å². The second-order valence-electron chi connectivity index (χ2n) is 9.29. The number of benzene rings is 1. The first-order chi connectivity index (χ1) is 18.7. The largest absolute Gasteiger partial charge is 0.481 e. The molecule has 5 rings (SSSR count). The van der Waals surface area contributed by atoms with Gasteiger partial charge in [-0.25, -0.2) is 4.98 Å². The lowest BCUT2D eigenvalue weighted by molar-refractivity contribution is -0.134. The number of carbonyl (C=O) groups excluding carboxylic acids is 1. The molecule has 0 radical (unpaired) electrons. The summed E-state index contributed by atoms with van der Waals surface area (Å²) in [6.07, 6.45) is 5.22. The van der Waals surface area contributed by atoms with Gasteiger partial charge in [-0.3, -0.25) is 23.7 Å². The number of aryl methyl sites for hydroxylation is 1. The van der Waals surface area contributed by atoms with Gasteiger partial charge < -0.3 is 15.2 Å². The van der Waals surface area contributed by atoms with Gasteiger partial charge in [0.1, 0.15) is 15.8 Å². The van der Waals surface area contributed by atoms with Gasteiger partial charge >= 0.3 is 0 Å². The van der Waals surface area contributed by atoms with Crippen LogP contribution in [0, 0.1) is 6.92 Å². The number of nitrogens with one attached hydrogen (secondary N) is 1. The number of anilines is 1. The molecule has 9 nitrogen and oxygen atoms in total. The summed E-state index contributed by atoms with van der Waals surface area (Å²) in [5, 5.41) is 10.8. The molecule has 2 saturated heterocycles. The number of carboxylic acids is 1.